The fourth-order valence-electron chi connectivity index (χ4n) is 0.906. The molecular formula is C8H8N6. The smallest absolute Gasteiger partial charge is 0.116 e. The molecule has 0 amide bonds. The molecule has 3 heterocycles. The highest BCUT2D eigenvalue weighted by Gasteiger charge is 1.90. The monoisotopic (exact) mass is 188 g/mol. The molecule has 0 saturated carbocycles. The van der Waals surface area contributed by atoms with Crippen molar-refractivity contribution in [3.63, 3.8) is 0 Å². The number of aromatic nitrogens is 6. The van der Waals surface area contributed by atoms with Gasteiger partial charge in [0.2, 0.25) is 0 Å². The molecule has 0 aliphatic heterocycles. The number of H-pyrrole nitrogens is 2. The zero-order chi connectivity index (χ0) is 9.64. The largest absolute Gasteiger partial charge is 0.286 e. The lowest BCUT2D eigenvalue weighted by Gasteiger charge is -1.80. The van der Waals surface area contributed by atoms with Gasteiger partial charge in [-0.3, -0.25) is 10.2 Å². The van der Waals surface area contributed by atoms with E-state index in [1.54, 1.807) is 24.8 Å². The van der Waals surface area contributed by atoms with E-state index >= 15 is 0 Å². The molecule has 2 N–H and O–H groups in total. The van der Waals surface area contributed by atoms with Crippen molar-refractivity contribution in [1.29, 1.82) is 0 Å². The molecular weight excluding hydrogens is 180 g/mol. The topological polar surface area (TPSA) is 83.1 Å². The van der Waals surface area contributed by atoms with Crippen LogP contribution in [0.1, 0.15) is 0 Å². The molecule has 0 saturated heterocycles. The van der Waals surface area contributed by atoms with E-state index in [2.05, 4.69) is 30.4 Å². The third-order valence-electron chi connectivity index (χ3n) is 1.52. The molecule has 0 radical (unpaired) electrons. The molecule has 3 rings (SSSR count). The molecule has 0 aliphatic carbocycles. The normalized spacial score (nSPS) is 9.43. The zero-order valence-corrected chi connectivity index (χ0v) is 7.25. The van der Waals surface area contributed by atoms with Gasteiger partial charge in [-0.05, 0) is 6.07 Å². The summed E-state index contributed by atoms with van der Waals surface area (Å²) in [5, 5.41) is 12.7. The summed E-state index contributed by atoms with van der Waals surface area (Å²) in [6, 6.07) is 1.83. The van der Waals surface area contributed by atoms with E-state index in [1.807, 2.05) is 6.07 Å². The first kappa shape index (κ1) is 8.36. The highest BCUT2D eigenvalue weighted by Crippen LogP contribution is 2.00. The van der Waals surface area contributed by atoms with E-state index in [1.165, 1.54) is 6.33 Å². The third kappa shape index (κ3) is 1.92. The van der Waals surface area contributed by atoms with Gasteiger partial charge in [-0.25, -0.2) is 9.97 Å². The maximum Gasteiger partial charge on any atom is 0.116 e. The molecule has 14 heavy (non-hydrogen) atoms. The summed E-state index contributed by atoms with van der Waals surface area (Å²) in [6.45, 7) is 0. The summed E-state index contributed by atoms with van der Waals surface area (Å²) < 4.78 is 0. The van der Waals surface area contributed by atoms with Crippen molar-refractivity contribution < 1.29 is 0 Å². The molecule has 6 heteroatoms. The Morgan fingerprint density at radius 2 is 2.14 bits per heavy atom. The lowest BCUT2D eigenvalue weighted by Crippen LogP contribution is -1.74. The fraction of sp³-hybridized carbons (Fsp3) is 0. The lowest BCUT2D eigenvalue weighted by molar-refractivity contribution is 1.09. The number of hydrogen-bond acceptors (Lipinski definition) is 4. The number of nitrogens with zero attached hydrogens (tertiary/aromatic N) is 4. The van der Waals surface area contributed by atoms with Crippen molar-refractivity contribution in [2.24, 2.45) is 0 Å². The average molecular weight is 188 g/mol. The Labute approximate surface area is 79.4 Å². The van der Waals surface area contributed by atoms with Gasteiger partial charge in [0.25, 0.3) is 0 Å². The van der Waals surface area contributed by atoms with Crippen LogP contribution in [0.3, 0.4) is 0 Å². The predicted molar refractivity (Wildman–Crippen MR) is 50.3 cm³/mol. The standard InChI is InChI=1S/C5H4N4.C3H4N2/c1-5-4(2-8-9-5)7-3-6-1;1-2-4-5-3-1/h1-3H,(H,8,9);1-3H,(H,4,5). The molecule has 0 aliphatic rings. The Hall–Kier alpha value is -2.24. The maximum atomic E-state index is 3.94. The van der Waals surface area contributed by atoms with Gasteiger partial charge in [-0.2, -0.15) is 10.2 Å². The van der Waals surface area contributed by atoms with Crippen LogP contribution in [0.2, 0.25) is 0 Å². The van der Waals surface area contributed by atoms with Gasteiger partial charge >= 0.3 is 0 Å². The molecule has 0 bridgehead atoms. The second kappa shape index (κ2) is 4.13. The first-order valence-corrected chi connectivity index (χ1v) is 3.99. The molecule has 3 aromatic heterocycles. The fourth-order valence-corrected chi connectivity index (χ4v) is 0.906. The van der Waals surface area contributed by atoms with Crippen LogP contribution in [-0.2, 0) is 0 Å². The average Bonchev–Trinajstić information content (AvgIpc) is 2.92. The van der Waals surface area contributed by atoms with Crippen molar-refractivity contribution in [3.05, 3.63) is 37.2 Å². The molecule has 0 spiro atoms. The highest BCUT2D eigenvalue weighted by atomic mass is 15.1. The van der Waals surface area contributed by atoms with Crippen molar-refractivity contribution in [3.8, 4) is 0 Å². The number of rotatable bonds is 0. The third-order valence-corrected chi connectivity index (χ3v) is 1.52. The van der Waals surface area contributed by atoms with Gasteiger partial charge < -0.3 is 0 Å². The second-order valence-electron chi connectivity index (χ2n) is 2.46. The van der Waals surface area contributed by atoms with Crippen LogP contribution in [0.4, 0.5) is 0 Å². The Bertz CT molecular complexity index is 424. The Kier molecular flexibility index (Phi) is 2.46. The summed E-state index contributed by atoms with van der Waals surface area (Å²) in [5.41, 5.74) is 1.72. The summed E-state index contributed by atoms with van der Waals surface area (Å²) in [7, 11) is 0. The summed E-state index contributed by atoms with van der Waals surface area (Å²) in [5.74, 6) is 0. The van der Waals surface area contributed by atoms with Crippen LogP contribution in [-0.4, -0.2) is 30.4 Å². The van der Waals surface area contributed by atoms with Crippen LogP contribution in [0.25, 0.3) is 11.0 Å². The van der Waals surface area contributed by atoms with Gasteiger partial charge in [0.15, 0.2) is 0 Å². The van der Waals surface area contributed by atoms with Gasteiger partial charge in [-0.15, -0.1) is 0 Å². The Morgan fingerprint density at radius 3 is 2.79 bits per heavy atom. The first-order chi connectivity index (χ1) is 6.97. The van der Waals surface area contributed by atoms with Gasteiger partial charge in [-0.1, -0.05) is 0 Å². The van der Waals surface area contributed by atoms with Crippen LogP contribution in [0.15, 0.2) is 37.2 Å². The van der Waals surface area contributed by atoms with Gasteiger partial charge in [0.1, 0.15) is 17.4 Å². The van der Waals surface area contributed by atoms with Crippen molar-refractivity contribution in [2.45, 2.75) is 0 Å². The van der Waals surface area contributed by atoms with E-state index in [0.717, 1.165) is 11.0 Å². The minimum absolute atomic E-state index is 0.852. The van der Waals surface area contributed by atoms with Crippen molar-refractivity contribution >= 4 is 11.0 Å². The van der Waals surface area contributed by atoms with Crippen LogP contribution in [0.5, 0.6) is 0 Å². The maximum absolute atomic E-state index is 3.94. The number of fused-ring (bicyclic) bond motifs is 1. The minimum Gasteiger partial charge on any atom is -0.286 e. The van der Waals surface area contributed by atoms with Crippen LogP contribution in [0, 0.1) is 0 Å². The first-order valence-electron chi connectivity index (χ1n) is 3.99. The summed E-state index contributed by atoms with van der Waals surface area (Å²) in [6.07, 6.45) is 8.31. The lowest BCUT2D eigenvalue weighted by atomic mass is 10.5. The van der Waals surface area contributed by atoms with E-state index in [9.17, 15) is 0 Å². The minimum atomic E-state index is 0.852. The predicted octanol–water partition coefficient (Wildman–Crippen LogP) is 0.763. The molecule has 6 nitrogen and oxygen atoms in total. The summed E-state index contributed by atoms with van der Waals surface area (Å²) in [4.78, 5) is 7.74. The summed E-state index contributed by atoms with van der Waals surface area (Å²) >= 11 is 0. The van der Waals surface area contributed by atoms with Gasteiger partial charge in [0.05, 0.1) is 12.4 Å². The molecule has 0 unspecified atom stereocenters. The van der Waals surface area contributed by atoms with E-state index < -0.39 is 0 Å². The SMILES string of the molecule is c1cn[nH]c1.c1ncc2[nH]ncc2n1. The van der Waals surface area contributed by atoms with Crippen molar-refractivity contribution in [2.75, 3.05) is 0 Å². The second-order valence-corrected chi connectivity index (χ2v) is 2.46. The molecule has 0 aromatic carbocycles. The van der Waals surface area contributed by atoms with E-state index in [-0.39, 0.29) is 0 Å². The molecule has 0 fully saturated rings. The number of hydrogen-bond donors (Lipinski definition) is 2. The van der Waals surface area contributed by atoms with Crippen molar-refractivity contribution in [1.82, 2.24) is 30.4 Å². The van der Waals surface area contributed by atoms with E-state index in [0.29, 0.717) is 0 Å². The van der Waals surface area contributed by atoms with Crippen LogP contribution < -0.4 is 0 Å². The zero-order valence-electron chi connectivity index (χ0n) is 7.25. The molecule has 3 aromatic rings. The highest BCUT2D eigenvalue weighted by molar-refractivity contribution is 5.71. The van der Waals surface area contributed by atoms with E-state index in [4.69, 9.17) is 0 Å². The number of aromatic amines is 2. The quantitative estimate of drug-likeness (QED) is 0.545. The molecule has 0 atom stereocenters. The Morgan fingerprint density at radius 1 is 1.14 bits per heavy atom. The number of nitrogens with one attached hydrogen (secondary N) is 2. The van der Waals surface area contributed by atoms with Gasteiger partial charge in [0, 0.05) is 12.4 Å². The van der Waals surface area contributed by atoms with Crippen LogP contribution >= 0.6 is 0 Å². The Balaban J connectivity index is 0.000000128. The molecule has 70 valence electrons.